The van der Waals surface area contributed by atoms with Gasteiger partial charge in [0.25, 0.3) is 0 Å². The Hall–Kier alpha value is -1.37. The van der Waals surface area contributed by atoms with E-state index in [-0.39, 0.29) is 5.82 Å². The molecule has 1 N–H and O–H groups in total. The van der Waals surface area contributed by atoms with Crippen LogP contribution >= 0.6 is 0 Å². The maximum absolute atomic E-state index is 12.8. The van der Waals surface area contributed by atoms with Crippen molar-refractivity contribution >= 4 is 0 Å². The number of rotatable bonds is 5. The van der Waals surface area contributed by atoms with Crippen molar-refractivity contribution < 1.29 is 9.50 Å². The van der Waals surface area contributed by atoms with E-state index in [4.69, 9.17) is 6.42 Å². The minimum absolute atomic E-state index is 0.288. The summed E-state index contributed by atoms with van der Waals surface area (Å²) in [6.45, 7) is 1.07. The summed E-state index contributed by atoms with van der Waals surface area (Å²) in [5.74, 6) is 2.32. The zero-order chi connectivity index (χ0) is 12.3. The van der Waals surface area contributed by atoms with Crippen LogP contribution in [0.3, 0.4) is 0 Å². The lowest BCUT2D eigenvalue weighted by Gasteiger charge is -2.22. The van der Waals surface area contributed by atoms with E-state index in [0.29, 0.717) is 19.1 Å². The van der Waals surface area contributed by atoms with Gasteiger partial charge in [0.15, 0.2) is 0 Å². The number of aliphatic hydroxyl groups is 1. The summed E-state index contributed by atoms with van der Waals surface area (Å²) in [5, 5.41) is 10.1. The van der Waals surface area contributed by atoms with Gasteiger partial charge in [0.2, 0.25) is 0 Å². The Kier molecular flexibility index (Phi) is 3.78. The van der Waals surface area contributed by atoms with Gasteiger partial charge in [-0.2, -0.15) is 0 Å². The maximum Gasteiger partial charge on any atom is 0.123 e. The summed E-state index contributed by atoms with van der Waals surface area (Å²) in [6, 6.07) is 6.46. The van der Waals surface area contributed by atoms with Crippen LogP contribution in [0.1, 0.15) is 24.5 Å². The van der Waals surface area contributed by atoms with Crippen molar-refractivity contribution in [1.82, 2.24) is 4.90 Å². The molecule has 1 aliphatic rings. The maximum atomic E-state index is 12.8. The Balaban J connectivity index is 1.97. The van der Waals surface area contributed by atoms with Crippen molar-refractivity contribution in [2.24, 2.45) is 0 Å². The molecule has 90 valence electrons. The fraction of sp³-hybridized carbons (Fsp3) is 0.429. The van der Waals surface area contributed by atoms with Gasteiger partial charge in [-0.1, -0.05) is 18.1 Å². The largest absolute Gasteiger partial charge is 0.387 e. The highest BCUT2D eigenvalue weighted by molar-refractivity contribution is 5.19. The van der Waals surface area contributed by atoms with Gasteiger partial charge in [0.1, 0.15) is 5.82 Å². The van der Waals surface area contributed by atoms with E-state index < -0.39 is 6.10 Å². The van der Waals surface area contributed by atoms with Gasteiger partial charge in [0.05, 0.1) is 12.6 Å². The van der Waals surface area contributed by atoms with Crippen molar-refractivity contribution in [2.45, 2.75) is 25.0 Å². The normalized spacial score (nSPS) is 16.8. The van der Waals surface area contributed by atoms with Crippen LogP contribution < -0.4 is 0 Å². The van der Waals surface area contributed by atoms with Crippen molar-refractivity contribution in [3.63, 3.8) is 0 Å². The summed E-state index contributed by atoms with van der Waals surface area (Å²) < 4.78 is 12.8. The zero-order valence-corrected chi connectivity index (χ0v) is 9.64. The molecular formula is C14H16FNO. The number of benzene rings is 1. The van der Waals surface area contributed by atoms with E-state index in [1.807, 2.05) is 0 Å². The Morgan fingerprint density at radius 3 is 2.59 bits per heavy atom. The minimum Gasteiger partial charge on any atom is -0.387 e. The van der Waals surface area contributed by atoms with E-state index in [2.05, 4.69) is 10.8 Å². The van der Waals surface area contributed by atoms with E-state index in [0.717, 1.165) is 18.4 Å². The molecule has 1 saturated carbocycles. The molecule has 0 spiro atoms. The van der Waals surface area contributed by atoms with E-state index in [1.165, 1.54) is 12.1 Å². The molecular weight excluding hydrogens is 217 g/mol. The third kappa shape index (κ3) is 3.29. The van der Waals surface area contributed by atoms with Crippen LogP contribution in [0.2, 0.25) is 0 Å². The van der Waals surface area contributed by atoms with Gasteiger partial charge < -0.3 is 5.11 Å². The number of hydrogen-bond acceptors (Lipinski definition) is 2. The molecule has 3 heteroatoms. The molecule has 17 heavy (non-hydrogen) atoms. The van der Waals surface area contributed by atoms with Crippen LogP contribution in [0.5, 0.6) is 0 Å². The van der Waals surface area contributed by atoms with Crippen molar-refractivity contribution in [3.8, 4) is 12.3 Å². The first-order chi connectivity index (χ1) is 8.20. The van der Waals surface area contributed by atoms with Crippen LogP contribution in [0.15, 0.2) is 24.3 Å². The molecule has 1 aromatic carbocycles. The third-order valence-electron chi connectivity index (χ3n) is 3.02. The van der Waals surface area contributed by atoms with Crippen molar-refractivity contribution in [1.29, 1.82) is 0 Å². The molecule has 1 aromatic rings. The molecule has 0 heterocycles. The van der Waals surface area contributed by atoms with Gasteiger partial charge in [-0.15, -0.1) is 6.42 Å². The lowest BCUT2D eigenvalue weighted by atomic mass is 10.1. The second kappa shape index (κ2) is 5.31. The van der Waals surface area contributed by atoms with Crippen molar-refractivity contribution in [3.05, 3.63) is 35.6 Å². The molecule has 0 aliphatic heterocycles. The molecule has 2 nitrogen and oxygen atoms in total. The molecule has 0 radical (unpaired) electrons. The van der Waals surface area contributed by atoms with Gasteiger partial charge >= 0.3 is 0 Å². The Labute approximate surface area is 101 Å². The van der Waals surface area contributed by atoms with Crippen LogP contribution in [0.4, 0.5) is 4.39 Å². The van der Waals surface area contributed by atoms with Crippen LogP contribution in [-0.2, 0) is 0 Å². The lowest BCUT2D eigenvalue weighted by molar-refractivity contribution is 0.116. The molecule has 0 bridgehead atoms. The Morgan fingerprint density at radius 2 is 2.06 bits per heavy atom. The van der Waals surface area contributed by atoms with Gasteiger partial charge in [0, 0.05) is 12.6 Å². The summed E-state index contributed by atoms with van der Waals surface area (Å²) in [5.41, 5.74) is 0.731. The first-order valence-corrected chi connectivity index (χ1v) is 5.81. The molecule has 1 fully saturated rings. The molecule has 1 atom stereocenters. The molecule has 2 rings (SSSR count). The third-order valence-corrected chi connectivity index (χ3v) is 3.02. The van der Waals surface area contributed by atoms with Gasteiger partial charge in [-0.05, 0) is 30.5 Å². The van der Waals surface area contributed by atoms with Crippen LogP contribution in [0, 0.1) is 18.2 Å². The average molecular weight is 233 g/mol. The molecule has 0 aromatic heterocycles. The number of terminal acetylenes is 1. The van der Waals surface area contributed by atoms with E-state index >= 15 is 0 Å². The van der Waals surface area contributed by atoms with E-state index in [1.54, 1.807) is 12.1 Å². The smallest absolute Gasteiger partial charge is 0.123 e. The standard InChI is InChI=1S/C14H16FNO/c1-2-9-16(13-7-8-13)10-14(17)11-3-5-12(15)6-4-11/h1,3-6,13-14,17H,7-10H2. The predicted molar refractivity (Wildman–Crippen MR) is 64.8 cm³/mol. The predicted octanol–water partition coefficient (Wildman–Crippen LogP) is 1.96. The van der Waals surface area contributed by atoms with Crippen LogP contribution in [0.25, 0.3) is 0 Å². The highest BCUT2D eigenvalue weighted by atomic mass is 19.1. The summed E-state index contributed by atoms with van der Waals surface area (Å²) in [6.07, 6.45) is 7.00. The molecule has 0 amide bonds. The quantitative estimate of drug-likeness (QED) is 0.786. The first kappa shape index (κ1) is 12.1. The number of nitrogens with zero attached hydrogens (tertiary/aromatic N) is 1. The average Bonchev–Trinajstić information content (AvgIpc) is 3.13. The Morgan fingerprint density at radius 1 is 1.41 bits per heavy atom. The fourth-order valence-corrected chi connectivity index (χ4v) is 1.91. The lowest BCUT2D eigenvalue weighted by Crippen LogP contribution is -2.31. The van der Waals surface area contributed by atoms with Crippen molar-refractivity contribution in [2.75, 3.05) is 13.1 Å². The summed E-state index contributed by atoms with van der Waals surface area (Å²) in [4.78, 5) is 2.11. The molecule has 1 unspecified atom stereocenters. The highest BCUT2D eigenvalue weighted by Gasteiger charge is 2.29. The molecule has 0 saturated heterocycles. The van der Waals surface area contributed by atoms with E-state index in [9.17, 15) is 9.50 Å². The number of aliphatic hydroxyl groups excluding tert-OH is 1. The molecule has 1 aliphatic carbocycles. The zero-order valence-electron chi connectivity index (χ0n) is 9.64. The highest BCUT2D eigenvalue weighted by Crippen LogP contribution is 2.28. The minimum atomic E-state index is -0.607. The fourth-order valence-electron chi connectivity index (χ4n) is 1.91. The monoisotopic (exact) mass is 233 g/mol. The second-order valence-electron chi connectivity index (χ2n) is 4.43. The topological polar surface area (TPSA) is 23.5 Å². The summed E-state index contributed by atoms with van der Waals surface area (Å²) >= 11 is 0. The second-order valence-corrected chi connectivity index (χ2v) is 4.43. The summed E-state index contributed by atoms with van der Waals surface area (Å²) in [7, 11) is 0. The number of hydrogen-bond donors (Lipinski definition) is 1. The van der Waals surface area contributed by atoms with Gasteiger partial charge in [-0.25, -0.2) is 4.39 Å². The SMILES string of the molecule is C#CCN(CC(O)c1ccc(F)cc1)C1CC1. The van der Waals surface area contributed by atoms with Gasteiger partial charge in [-0.3, -0.25) is 4.90 Å². The van der Waals surface area contributed by atoms with Crippen LogP contribution in [-0.4, -0.2) is 29.1 Å². The Bertz CT molecular complexity index is 405. The first-order valence-electron chi connectivity index (χ1n) is 5.81. The number of halogens is 1.